The third-order valence-corrected chi connectivity index (χ3v) is 3.30. The molecule has 1 heterocycles. The highest BCUT2D eigenvalue weighted by Crippen LogP contribution is 2.25. The van der Waals surface area contributed by atoms with Crippen molar-refractivity contribution in [3.05, 3.63) is 0 Å². The number of likely N-dealkylation sites (N-methyl/N-ethyl adjacent to an activating group) is 1. The summed E-state index contributed by atoms with van der Waals surface area (Å²) in [5.74, 6) is 6.86. The first-order valence-corrected chi connectivity index (χ1v) is 7.02. The van der Waals surface area contributed by atoms with Crippen molar-refractivity contribution in [2.45, 2.75) is 25.8 Å². The SMILES string of the molecule is CCN(CCNc1nc(NN)nc(N(C)C)n1)C1CC1. The van der Waals surface area contributed by atoms with E-state index in [9.17, 15) is 0 Å². The zero-order valence-corrected chi connectivity index (χ0v) is 12.4. The summed E-state index contributed by atoms with van der Waals surface area (Å²) in [5, 5.41) is 3.24. The van der Waals surface area contributed by atoms with Gasteiger partial charge >= 0.3 is 0 Å². The lowest BCUT2D eigenvalue weighted by molar-refractivity contribution is 0.289. The molecule has 8 heteroatoms. The Kier molecular flexibility index (Phi) is 4.91. The predicted octanol–water partition coefficient (Wildman–Crippen LogP) is 0.119. The Morgan fingerprint density at radius 2 is 1.90 bits per heavy atom. The highest BCUT2D eigenvalue weighted by atomic mass is 15.4. The van der Waals surface area contributed by atoms with Crippen LogP contribution in [0, 0.1) is 0 Å². The van der Waals surface area contributed by atoms with E-state index in [2.05, 4.69) is 37.5 Å². The number of nitrogens with one attached hydrogen (secondary N) is 2. The molecule has 8 nitrogen and oxygen atoms in total. The van der Waals surface area contributed by atoms with Gasteiger partial charge in [0, 0.05) is 33.2 Å². The lowest BCUT2D eigenvalue weighted by atomic mass is 10.4. The Bertz CT molecular complexity index is 431. The summed E-state index contributed by atoms with van der Waals surface area (Å²) < 4.78 is 0. The molecule has 0 radical (unpaired) electrons. The minimum Gasteiger partial charge on any atom is -0.353 e. The van der Waals surface area contributed by atoms with Crippen molar-refractivity contribution in [2.24, 2.45) is 5.84 Å². The molecule has 1 aliphatic carbocycles. The van der Waals surface area contributed by atoms with Gasteiger partial charge in [-0.05, 0) is 19.4 Å². The van der Waals surface area contributed by atoms with Crippen molar-refractivity contribution < 1.29 is 0 Å². The first kappa shape index (κ1) is 14.7. The van der Waals surface area contributed by atoms with Crippen molar-refractivity contribution in [1.82, 2.24) is 19.9 Å². The van der Waals surface area contributed by atoms with Gasteiger partial charge in [0.15, 0.2) is 0 Å². The lowest BCUT2D eigenvalue weighted by Gasteiger charge is -2.20. The van der Waals surface area contributed by atoms with Crippen LogP contribution in [0.5, 0.6) is 0 Å². The Hall–Kier alpha value is -1.67. The number of nitrogens with zero attached hydrogens (tertiary/aromatic N) is 5. The second kappa shape index (κ2) is 6.67. The number of hydrogen-bond acceptors (Lipinski definition) is 8. The molecule has 20 heavy (non-hydrogen) atoms. The van der Waals surface area contributed by atoms with Crippen LogP contribution in [0.1, 0.15) is 19.8 Å². The van der Waals surface area contributed by atoms with Crippen molar-refractivity contribution in [1.29, 1.82) is 0 Å². The molecule has 1 aromatic heterocycles. The molecule has 0 amide bonds. The van der Waals surface area contributed by atoms with E-state index in [4.69, 9.17) is 5.84 Å². The van der Waals surface area contributed by atoms with E-state index in [1.54, 1.807) is 0 Å². The van der Waals surface area contributed by atoms with Gasteiger partial charge in [-0.15, -0.1) is 0 Å². The number of hydrogen-bond donors (Lipinski definition) is 3. The molecule has 112 valence electrons. The summed E-state index contributed by atoms with van der Waals surface area (Å²) in [6, 6.07) is 0.777. The average molecular weight is 280 g/mol. The smallest absolute Gasteiger partial charge is 0.243 e. The molecule has 1 aromatic rings. The first-order valence-electron chi connectivity index (χ1n) is 7.02. The standard InChI is InChI=1S/C12H24N8/c1-4-20(9-5-6-9)8-7-14-10-15-11(18-13)17-12(16-10)19(2)3/h9H,4-8,13H2,1-3H3,(H2,14,15,16,17,18). The maximum Gasteiger partial charge on any atom is 0.243 e. The molecule has 0 saturated heterocycles. The molecule has 0 unspecified atom stereocenters. The minimum atomic E-state index is 0.362. The fraction of sp³-hybridized carbons (Fsp3) is 0.750. The van der Waals surface area contributed by atoms with Gasteiger partial charge in [-0.25, -0.2) is 5.84 Å². The molecule has 0 spiro atoms. The summed E-state index contributed by atoms with van der Waals surface area (Å²) in [5.41, 5.74) is 2.46. The summed E-state index contributed by atoms with van der Waals surface area (Å²) >= 11 is 0. The van der Waals surface area contributed by atoms with Crippen LogP contribution in [-0.4, -0.2) is 59.6 Å². The van der Waals surface area contributed by atoms with E-state index in [1.165, 1.54) is 12.8 Å². The maximum atomic E-state index is 5.38. The number of aromatic nitrogens is 3. The number of anilines is 3. The van der Waals surface area contributed by atoms with Gasteiger partial charge in [-0.2, -0.15) is 15.0 Å². The van der Waals surface area contributed by atoms with E-state index in [0.717, 1.165) is 25.7 Å². The predicted molar refractivity (Wildman–Crippen MR) is 80.7 cm³/mol. The van der Waals surface area contributed by atoms with Gasteiger partial charge in [0.2, 0.25) is 17.8 Å². The Labute approximate surface area is 119 Å². The molecule has 2 rings (SSSR count). The molecule has 1 aliphatic rings. The van der Waals surface area contributed by atoms with E-state index < -0.39 is 0 Å². The Morgan fingerprint density at radius 1 is 1.20 bits per heavy atom. The molecule has 4 N–H and O–H groups in total. The van der Waals surface area contributed by atoms with Crippen LogP contribution in [0.15, 0.2) is 0 Å². The molecule has 0 aliphatic heterocycles. The van der Waals surface area contributed by atoms with Crippen LogP contribution in [0.25, 0.3) is 0 Å². The molecule has 1 saturated carbocycles. The van der Waals surface area contributed by atoms with Crippen LogP contribution in [0.3, 0.4) is 0 Å². The largest absolute Gasteiger partial charge is 0.353 e. The number of nitrogens with two attached hydrogens (primary N) is 1. The molecule has 0 aromatic carbocycles. The lowest BCUT2D eigenvalue weighted by Crippen LogP contribution is -2.31. The summed E-state index contributed by atoms with van der Waals surface area (Å²) in [6.45, 7) is 5.09. The summed E-state index contributed by atoms with van der Waals surface area (Å²) in [6.07, 6.45) is 2.65. The zero-order chi connectivity index (χ0) is 14.5. The molecular weight excluding hydrogens is 256 g/mol. The molecule has 0 atom stereocenters. The molecule has 0 bridgehead atoms. The van der Waals surface area contributed by atoms with Gasteiger partial charge in [0.1, 0.15) is 0 Å². The summed E-state index contributed by atoms with van der Waals surface area (Å²) in [7, 11) is 3.76. The minimum absolute atomic E-state index is 0.362. The second-order valence-corrected chi connectivity index (χ2v) is 5.11. The molecule has 1 fully saturated rings. The van der Waals surface area contributed by atoms with Crippen LogP contribution in [0.4, 0.5) is 17.8 Å². The van der Waals surface area contributed by atoms with E-state index in [-0.39, 0.29) is 0 Å². The normalized spacial score (nSPS) is 14.4. The van der Waals surface area contributed by atoms with Crippen LogP contribution in [0.2, 0.25) is 0 Å². The quantitative estimate of drug-likeness (QED) is 0.456. The van der Waals surface area contributed by atoms with E-state index in [0.29, 0.717) is 17.8 Å². The highest BCUT2D eigenvalue weighted by molar-refractivity contribution is 5.42. The fourth-order valence-electron chi connectivity index (χ4n) is 2.06. The van der Waals surface area contributed by atoms with Crippen LogP contribution in [-0.2, 0) is 0 Å². The first-order chi connectivity index (χ1) is 9.63. The van der Waals surface area contributed by atoms with Crippen LogP contribution >= 0.6 is 0 Å². The van der Waals surface area contributed by atoms with Crippen molar-refractivity contribution in [2.75, 3.05) is 49.4 Å². The monoisotopic (exact) mass is 280 g/mol. The third-order valence-electron chi connectivity index (χ3n) is 3.30. The molecular formula is C12H24N8. The van der Waals surface area contributed by atoms with Crippen molar-refractivity contribution in [3.8, 4) is 0 Å². The van der Waals surface area contributed by atoms with Crippen molar-refractivity contribution in [3.63, 3.8) is 0 Å². The number of hydrazine groups is 1. The third kappa shape index (κ3) is 3.91. The Balaban J connectivity index is 1.92. The highest BCUT2D eigenvalue weighted by Gasteiger charge is 2.27. The van der Waals surface area contributed by atoms with Gasteiger partial charge < -0.3 is 10.2 Å². The van der Waals surface area contributed by atoms with Crippen LogP contribution < -0.4 is 21.5 Å². The second-order valence-electron chi connectivity index (χ2n) is 5.11. The topological polar surface area (TPSA) is 95.2 Å². The van der Waals surface area contributed by atoms with Gasteiger partial charge in [0.05, 0.1) is 0 Å². The van der Waals surface area contributed by atoms with Gasteiger partial charge in [-0.3, -0.25) is 10.3 Å². The fourth-order valence-corrected chi connectivity index (χ4v) is 2.06. The van der Waals surface area contributed by atoms with Gasteiger partial charge in [-0.1, -0.05) is 6.92 Å². The Morgan fingerprint density at radius 3 is 2.45 bits per heavy atom. The maximum absolute atomic E-state index is 5.38. The average Bonchev–Trinajstić information content (AvgIpc) is 3.27. The number of rotatable bonds is 8. The summed E-state index contributed by atoms with van der Waals surface area (Å²) in [4.78, 5) is 17.0. The van der Waals surface area contributed by atoms with E-state index >= 15 is 0 Å². The number of nitrogen functional groups attached to an aromatic ring is 1. The van der Waals surface area contributed by atoms with Gasteiger partial charge in [0.25, 0.3) is 0 Å². The van der Waals surface area contributed by atoms with Crippen molar-refractivity contribution >= 4 is 17.8 Å². The zero-order valence-electron chi connectivity index (χ0n) is 12.4. The van der Waals surface area contributed by atoms with E-state index in [1.807, 2.05) is 19.0 Å².